The maximum Gasteiger partial charge on any atom is 0.269 e. The quantitative estimate of drug-likeness (QED) is 0.00964. The molecular weight excluding hydrogens is 1590 g/mol. The molecule has 7 amide bonds. The topological polar surface area (TPSA) is 394 Å². The molecule has 0 atom stereocenters. The van der Waals surface area contributed by atoms with E-state index in [-0.39, 0.29) is 126 Å². The average molecular weight is 1660 g/mol. The summed E-state index contributed by atoms with van der Waals surface area (Å²) in [5.74, 6) is 4.11. The molecular formula is C67H71Br4N17O14. The van der Waals surface area contributed by atoms with E-state index in [0.29, 0.717) is 103 Å². The van der Waals surface area contributed by atoms with Crippen LogP contribution in [0.2, 0.25) is 0 Å². The van der Waals surface area contributed by atoms with Gasteiger partial charge < -0.3 is 43.5 Å². The number of benzene rings is 4. The molecule has 0 spiro atoms. The third kappa shape index (κ3) is 24.1. The molecule has 0 unspecified atom stereocenters. The SMILES string of the molecule is O=C(CCOCCN1C(=O)C(Br)=C(Br)C1=O)NCCC(=O)N1Cc2ccccc2C#Cc2ccccc21.[N-]=[N+]=NCCOCCOCCN=[N+]=[N-].[N-]=[N+]=NCCOCCOCCn1nnc2c1-c1ccccc1CN(C(=O)CCCC(=O)CCOCCN1C(=O)C(Br)=C(Br)C1=O)c1ccccc1-2. The van der Waals surface area contributed by atoms with Gasteiger partial charge in [-0.25, -0.2) is 4.68 Å². The van der Waals surface area contributed by atoms with E-state index in [1.165, 1.54) is 0 Å². The number of aromatic nitrogens is 3. The van der Waals surface area contributed by atoms with Crippen LogP contribution in [-0.4, -0.2) is 190 Å². The molecule has 31 nitrogen and oxygen atoms in total. The van der Waals surface area contributed by atoms with Crippen molar-refractivity contribution in [1.82, 2.24) is 30.1 Å². The van der Waals surface area contributed by atoms with Crippen LogP contribution in [0.1, 0.15) is 60.8 Å². The molecule has 4 aromatic carbocycles. The molecule has 5 aromatic rings. The number of carbonyl (C=O) groups excluding carboxylic acids is 8. The van der Waals surface area contributed by atoms with Crippen molar-refractivity contribution >= 4 is 122 Å². The molecule has 0 saturated heterocycles. The first-order valence-electron chi connectivity index (χ1n) is 32.1. The Morgan fingerprint density at radius 3 is 1.50 bits per heavy atom. The van der Waals surface area contributed by atoms with E-state index in [9.17, 15) is 38.4 Å². The lowest BCUT2D eigenvalue weighted by Gasteiger charge is -2.28. The second-order valence-corrected chi connectivity index (χ2v) is 25.0. The van der Waals surface area contributed by atoms with E-state index in [0.717, 1.165) is 54.6 Å². The standard InChI is InChI=1S/C34H36Br2N8O7.C27H23Br2N3O5.C6H12N6O2/c35-29-30(36)34(48)42(33(29)47)14-18-49-16-12-24(45)7-5-11-28(46)43-22-23-6-1-2-8-25(23)32-31(26-9-3-4-10-27(26)43)39-41-44(32)15-19-51-21-20-50-17-13-38-40-37;28-24-25(29)27(36)31(26(24)35)14-16-37-15-12-22(33)30-13-11-23(34)32-17-20-7-2-1-5-18(20)9-10-19-6-3-4-8-21(19)32;7-11-9-1-3-13-5-6-14-4-2-10-12-8/h1-4,6,8-10H,5,7,11-22H2;1-8H,11-17H2,(H,30,33);1-6H2. The Morgan fingerprint density at radius 1 is 0.480 bits per heavy atom. The molecule has 1 aromatic heterocycles. The first kappa shape index (κ1) is 80.3. The number of halogens is 4. The van der Waals surface area contributed by atoms with Gasteiger partial charge in [-0.2, -0.15) is 0 Å². The molecule has 0 radical (unpaired) electrons. The second kappa shape index (κ2) is 43.7. The largest absolute Gasteiger partial charge is 0.379 e. The number of para-hydroxylation sites is 2. The molecule has 0 fully saturated rings. The summed E-state index contributed by atoms with van der Waals surface area (Å²) in [6.45, 7) is 6.09. The van der Waals surface area contributed by atoms with Crippen molar-refractivity contribution in [1.29, 1.82) is 0 Å². The lowest BCUT2D eigenvalue weighted by molar-refractivity contribution is -0.139. The van der Waals surface area contributed by atoms with Gasteiger partial charge in [-0.3, -0.25) is 48.2 Å². The van der Waals surface area contributed by atoms with Crippen LogP contribution in [-0.2, 0) is 86.4 Å². The number of hydrogen-bond acceptors (Lipinski definition) is 19. The van der Waals surface area contributed by atoms with Crippen LogP contribution in [0.3, 0.4) is 0 Å². The second-order valence-electron chi connectivity index (χ2n) is 21.9. The molecule has 9 rings (SSSR count). The monoisotopic (exact) mass is 1650 g/mol. The van der Waals surface area contributed by atoms with Gasteiger partial charge in [-0.15, -0.1) is 5.10 Å². The van der Waals surface area contributed by atoms with Gasteiger partial charge in [-0.05, 0) is 122 Å². The van der Waals surface area contributed by atoms with Crippen LogP contribution < -0.4 is 15.1 Å². The Hall–Kier alpha value is -8.97. The van der Waals surface area contributed by atoms with Gasteiger partial charge >= 0.3 is 0 Å². The van der Waals surface area contributed by atoms with Crippen molar-refractivity contribution in [3.05, 3.63) is 169 Å². The number of amides is 7. The summed E-state index contributed by atoms with van der Waals surface area (Å²) in [6, 6.07) is 30.8. The Bertz CT molecular complexity index is 4040. The first-order chi connectivity index (χ1) is 49.6. The van der Waals surface area contributed by atoms with E-state index >= 15 is 0 Å². The fourth-order valence-electron chi connectivity index (χ4n) is 10.2. The van der Waals surface area contributed by atoms with Gasteiger partial charge in [0.25, 0.3) is 23.6 Å². The van der Waals surface area contributed by atoms with Crippen LogP contribution in [0.4, 0.5) is 11.4 Å². The predicted molar refractivity (Wildman–Crippen MR) is 388 cm³/mol. The molecule has 102 heavy (non-hydrogen) atoms. The normalized spacial score (nSPS) is 13.3. The molecule has 5 heterocycles. The summed E-state index contributed by atoms with van der Waals surface area (Å²) < 4.78 is 34.7. The molecule has 35 heteroatoms. The maximum absolute atomic E-state index is 13.8. The Balaban J connectivity index is 0.000000249. The number of nitrogens with one attached hydrogen (secondary N) is 1. The highest BCUT2D eigenvalue weighted by Crippen LogP contribution is 2.41. The van der Waals surface area contributed by atoms with Crippen molar-refractivity contribution in [2.24, 2.45) is 15.3 Å². The molecule has 0 aliphatic carbocycles. The van der Waals surface area contributed by atoms with E-state index < -0.39 is 23.6 Å². The number of ketones is 1. The summed E-state index contributed by atoms with van der Waals surface area (Å²) in [7, 11) is 0. The van der Waals surface area contributed by atoms with Crippen molar-refractivity contribution in [2.75, 3.05) is 128 Å². The molecule has 0 saturated carbocycles. The van der Waals surface area contributed by atoms with Gasteiger partial charge in [-0.1, -0.05) is 105 Å². The smallest absolute Gasteiger partial charge is 0.269 e. The van der Waals surface area contributed by atoms with E-state index in [4.69, 9.17) is 45.0 Å². The van der Waals surface area contributed by atoms with Crippen LogP contribution in [0.5, 0.6) is 0 Å². The minimum absolute atomic E-state index is 0.0372. The Labute approximate surface area is 619 Å². The number of hydrogen-bond donors (Lipinski definition) is 1. The zero-order valence-electron chi connectivity index (χ0n) is 55.2. The minimum atomic E-state index is -0.435. The van der Waals surface area contributed by atoms with Gasteiger partial charge in [0.15, 0.2) is 0 Å². The summed E-state index contributed by atoms with van der Waals surface area (Å²) in [4.78, 5) is 113. The van der Waals surface area contributed by atoms with Crippen LogP contribution in [0, 0.1) is 11.8 Å². The number of nitrogens with zero attached hydrogens (tertiary/aromatic N) is 16. The lowest BCUT2D eigenvalue weighted by Crippen LogP contribution is -2.35. The molecule has 1 N–H and O–H groups in total. The fraction of sp³-hybridized carbons (Fsp3) is 0.403. The van der Waals surface area contributed by atoms with Crippen molar-refractivity contribution < 1.29 is 66.8 Å². The van der Waals surface area contributed by atoms with Crippen LogP contribution >= 0.6 is 63.7 Å². The summed E-state index contributed by atoms with van der Waals surface area (Å²) in [5.41, 5.74) is 32.4. The van der Waals surface area contributed by atoms with E-state index in [1.807, 2.05) is 102 Å². The first-order valence-corrected chi connectivity index (χ1v) is 35.3. The van der Waals surface area contributed by atoms with Gasteiger partial charge in [0.2, 0.25) is 17.7 Å². The Kier molecular flexibility index (Phi) is 34.5. The molecule has 4 aliphatic rings. The molecule has 0 bridgehead atoms. The maximum atomic E-state index is 13.8. The molecule has 4 aliphatic heterocycles. The van der Waals surface area contributed by atoms with Crippen LogP contribution in [0.15, 0.2) is 130 Å². The summed E-state index contributed by atoms with van der Waals surface area (Å²) >= 11 is 12.3. The van der Waals surface area contributed by atoms with E-state index in [1.54, 1.807) is 9.80 Å². The van der Waals surface area contributed by atoms with Crippen molar-refractivity contribution in [3.8, 4) is 34.4 Å². The number of carbonyl (C=O) groups is 8. The zero-order chi connectivity index (χ0) is 73.0. The third-order valence-electron chi connectivity index (χ3n) is 15.2. The third-order valence-corrected chi connectivity index (χ3v) is 19.2. The number of azide groups is 3. The fourth-order valence-corrected chi connectivity index (χ4v) is 11.7. The number of ether oxygens (including phenoxy) is 6. The van der Waals surface area contributed by atoms with Crippen molar-refractivity contribution in [2.45, 2.75) is 58.2 Å². The van der Waals surface area contributed by atoms with Crippen LogP contribution in [0.25, 0.3) is 53.8 Å². The highest BCUT2D eigenvalue weighted by atomic mass is 79.9. The number of rotatable bonds is 37. The number of fused-ring (bicyclic) bond motifs is 7. The lowest BCUT2D eigenvalue weighted by atomic mass is 9.95. The van der Waals surface area contributed by atoms with E-state index in [2.05, 4.69) is 121 Å². The number of imide groups is 2. The Morgan fingerprint density at radius 2 is 0.922 bits per heavy atom. The highest BCUT2D eigenvalue weighted by Gasteiger charge is 2.37. The van der Waals surface area contributed by atoms with Gasteiger partial charge in [0.05, 0.1) is 129 Å². The highest BCUT2D eigenvalue weighted by molar-refractivity contribution is 9.15. The minimum Gasteiger partial charge on any atom is -0.379 e. The van der Waals surface area contributed by atoms with Gasteiger partial charge in [0.1, 0.15) is 29.4 Å². The predicted octanol–water partition coefficient (Wildman–Crippen LogP) is 10.2. The van der Waals surface area contributed by atoms with Crippen molar-refractivity contribution in [3.63, 3.8) is 0 Å². The average Bonchev–Trinajstić information content (AvgIpc) is 1.44. The number of Topliss-reactive ketones (excluding diaryl/α,β-unsaturated/α-hetero) is 1. The molecule has 536 valence electrons. The zero-order valence-corrected chi connectivity index (χ0v) is 61.6. The van der Waals surface area contributed by atoms with Gasteiger partial charge in [0, 0.05) is 95.3 Å². The summed E-state index contributed by atoms with van der Waals surface area (Å²) in [5, 5.41) is 21.8. The summed E-state index contributed by atoms with van der Waals surface area (Å²) in [6.07, 6.45) is 1.16. The number of anilines is 2.